The van der Waals surface area contributed by atoms with Gasteiger partial charge in [0.25, 0.3) is 0 Å². The van der Waals surface area contributed by atoms with Crippen molar-refractivity contribution in [2.24, 2.45) is 5.92 Å². The van der Waals surface area contributed by atoms with Crippen molar-refractivity contribution in [3.05, 3.63) is 0 Å². The smallest absolute Gasteiger partial charge is 0.0647 e. The molecule has 2 aliphatic rings. The highest BCUT2D eigenvalue weighted by atomic mass is 16.5. The Hall–Kier alpha value is -0.0800. The van der Waals surface area contributed by atoms with Crippen LogP contribution in [0.3, 0.4) is 0 Å². The molecule has 0 aromatic heterocycles. The van der Waals surface area contributed by atoms with Gasteiger partial charge in [-0.3, -0.25) is 0 Å². The van der Waals surface area contributed by atoms with E-state index < -0.39 is 0 Å². The highest BCUT2D eigenvalue weighted by Crippen LogP contribution is 2.26. The van der Waals surface area contributed by atoms with E-state index >= 15 is 0 Å². The minimum atomic E-state index is 0.530. The predicted molar refractivity (Wildman–Crippen MR) is 37.9 cm³/mol. The zero-order chi connectivity index (χ0) is 6.81. The van der Waals surface area contributed by atoms with Crippen LogP contribution < -0.4 is 0 Å². The third-order valence-electron chi connectivity index (χ3n) is 2.46. The van der Waals surface area contributed by atoms with E-state index in [2.05, 4.69) is 0 Å². The number of rotatable bonds is 0. The van der Waals surface area contributed by atoms with Gasteiger partial charge in [-0.05, 0) is 19.3 Å². The topological polar surface area (TPSA) is 18.5 Å². The van der Waals surface area contributed by atoms with Crippen molar-refractivity contribution in [3.8, 4) is 0 Å². The van der Waals surface area contributed by atoms with Gasteiger partial charge in [0.15, 0.2) is 0 Å². The van der Waals surface area contributed by atoms with Gasteiger partial charge in [0.05, 0.1) is 12.7 Å². The van der Waals surface area contributed by atoms with Crippen LogP contribution >= 0.6 is 0 Å². The monoisotopic (exact) mass is 142 g/mol. The van der Waals surface area contributed by atoms with Gasteiger partial charge in [0.1, 0.15) is 0 Å². The van der Waals surface area contributed by atoms with E-state index in [1.165, 1.54) is 12.8 Å². The molecule has 2 saturated heterocycles. The van der Waals surface area contributed by atoms with E-state index in [1.807, 2.05) is 0 Å². The minimum absolute atomic E-state index is 0.530. The van der Waals surface area contributed by atoms with Crippen LogP contribution in [-0.4, -0.2) is 25.9 Å². The van der Waals surface area contributed by atoms with Crippen LogP contribution in [0.15, 0.2) is 0 Å². The summed E-state index contributed by atoms with van der Waals surface area (Å²) in [6.07, 6.45) is 4.18. The van der Waals surface area contributed by atoms with E-state index in [1.54, 1.807) is 0 Å². The van der Waals surface area contributed by atoms with Crippen LogP contribution in [0.2, 0.25) is 0 Å². The summed E-state index contributed by atoms with van der Waals surface area (Å²) in [4.78, 5) is 0. The molecule has 0 bridgehead atoms. The van der Waals surface area contributed by atoms with Gasteiger partial charge in [-0.1, -0.05) is 0 Å². The Kier molecular flexibility index (Phi) is 1.91. The van der Waals surface area contributed by atoms with Gasteiger partial charge in [-0.15, -0.1) is 0 Å². The molecule has 0 spiro atoms. The van der Waals surface area contributed by atoms with Crippen LogP contribution in [0.5, 0.6) is 0 Å². The highest BCUT2D eigenvalue weighted by Gasteiger charge is 2.28. The van der Waals surface area contributed by atoms with Crippen LogP contribution in [0, 0.1) is 5.92 Å². The number of hydrogen-bond donors (Lipinski definition) is 0. The Morgan fingerprint density at radius 3 is 3.00 bits per heavy atom. The maximum absolute atomic E-state index is 5.60. The van der Waals surface area contributed by atoms with E-state index in [4.69, 9.17) is 9.47 Å². The standard InChI is InChI=1S/C8H14O2/c1-2-7-6-9-5-3-8(7)10-4-1/h7-8H,1-6H2/t7-,8+/m1/s1. The first-order chi connectivity index (χ1) is 4.97. The quantitative estimate of drug-likeness (QED) is 0.506. The molecule has 0 saturated carbocycles. The van der Waals surface area contributed by atoms with E-state index in [-0.39, 0.29) is 0 Å². The first-order valence-corrected chi connectivity index (χ1v) is 4.16. The molecule has 0 radical (unpaired) electrons. The van der Waals surface area contributed by atoms with E-state index in [0.29, 0.717) is 12.0 Å². The molecule has 2 atom stereocenters. The molecular weight excluding hydrogens is 128 g/mol. The zero-order valence-electron chi connectivity index (χ0n) is 6.21. The lowest BCUT2D eigenvalue weighted by molar-refractivity contribution is -0.101. The fourth-order valence-electron chi connectivity index (χ4n) is 1.85. The molecule has 2 fully saturated rings. The fraction of sp³-hybridized carbons (Fsp3) is 1.00. The molecule has 2 rings (SSSR count). The summed E-state index contributed by atoms with van der Waals surface area (Å²) >= 11 is 0. The second-order valence-corrected chi connectivity index (χ2v) is 3.18. The van der Waals surface area contributed by atoms with Gasteiger partial charge in [0.2, 0.25) is 0 Å². The van der Waals surface area contributed by atoms with Crippen molar-refractivity contribution < 1.29 is 9.47 Å². The molecular formula is C8H14O2. The molecule has 0 aromatic carbocycles. The molecule has 2 heteroatoms. The Labute approximate surface area is 61.5 Å². The Morgan fingerprint density at radius 1 is 1.10 bits per heavy atom. The average molecular weight is 142 g/mol. The van der Waals surface area contributed by atoms with Crippen LogP contribution in [0.1, 0.15) is 19.3 Å². The molecule has 2 nitrogen and oxygen atoms in total. The van der Waals surface area contributed by atoms with Crippen LogP contribution in [0.4, 0.5) is 0 Å². The first-order valence-electron chi connectivity index (χ1n) is 4.16. The van der Waals surface area contributed by atoms with Crippen molar-refractivity contribution in [2.75, 3.05) is 19.8 Å². The maximum atomic E-state index is 5.60. The molecule has 2 heterocycles. The lowest BCUT2D eigenvalue weighted by atomic mass is 9.92. The zero-order valence-corrected chi connectivity index (χ0v) is 6.21. The van der Waals surface area contributed by atoms with Gasteiger partial charge in [0, 0.05) is 19.1 Å². The van der Waals surface area contributed by atoms with Crippen molar-refractivity contribution in [1.82, 2.24) is 0 Å². The van der Waals surface area contributed by atoms with E-state index in [9.17, 15) is 0 Å². The molecule has 0 N–H and O–H groups in total. The van der Waals surface area contributed by atoms with Crippen molar-refractivity contribution >= 4 is 0 Å². The van der Waals surface area contributed by atoms with Gasteiger partial charge >= 0.3 is 0 Å². The predicted octanol–water partition coefficient (Wildman–Crippen LogP) is 1.20. The summed E-state index contributed by atoms with van der Waals surface area (Å²) in [6, 6.07) is 0. The van der Waals surface area contributed by atoms with E-state index in [0.717, 1.165) is 26.2 Å². The molecule has 0 aromatic rings. The Morgan fingerprint density at radius 2 is 2.10 bits per heavy atom. The number of hydrogen-bond acceptors (Lipinski definition) is 2. The van der Waals surface area contributed by atoms with Gasteiger partial charge in [-0.25, -0.2) is 0 Å². The lowest BCUT2D eigenvalue weighted by Crippen LogP contribution is -2.37. The van der Waals surface area contributed by atoms with Crippen molar-refractivity contribution in [2.45, 2.75) is 25.4 Å². The van der Waals surface area contributed by atoms with Gasteiger partial charge < -0.3 is 9.47 Å². The Balaban J connectivity index is 1.93. The highest BCUT2D eigenvalue weighted by molar-refractivity contribution is 4.77. The lowest BCUT2D eigenvalue weighted by Gasteiger charge is -2.35. The summed E-state index contributed by atoms with van der Waals surface area (Å²) in [5.74, 6) is 0.711. The SMILES string of the molecule is C1CO[C@H]2CCOC[C@H]2C1. The summed E-state index contributed by atoms with van der Waals surface area (Å²) in [5.41, 5.74) is 0. The average Bonchev–Trinajstić information content (AvgIpc) is 2.05. The van der Waals surface area contributed by atoms with Crippen molar-refractivity contribution in [3.63, 3.8) is 0 Å². The second kappa shape index (κ2) is 2.89. The van der Waals surface area contributed by atoms with Crippen molar-refractivity contribution in [1.29, 1.82) is 0 Å². The third-order valence-corrected chi connectivity index (χ3v) is 2.46. The Bertz CT molecular complexity index is 87.8. The molecule has 0 amide bonds. The normalized spacial score (nSPS) is 40.8. The molecule has 2 aliphatic heterocycles. The first kappa shape index (κ1) is 6.62. The molecule has 10 heavy (non-hydrogen) atoms. The maximum Gasteiger partial charge on any atom is 0.0647 e. The third kappa shape index (κ3) is 1.18. The van der Waals surface area contributed by atoms with Gasteiger partial charge in [-0.2, -0.15) is 0 Å². The summed E-state index contributed by atoms with van der Waals surface area (Å²) < 4.78 is 11.0. The molecule has 0 unspecified atom stereocenters. The summed E-state index contributed by atoms with van der Waals surface area (Å²) in [6.45, 7) is 2.81. The molecule has 0 aliphatic carbocycles. The van der Waals surface area contributed by atoms with Crippen LogP contribution in [0.25, 0.3) is 0 Å². The number of fused-ring (bicyclic) bond motifs is 1. The largest absolute Gasteiger partial charge is 0.381 e. The second-order valence-electron chi connectivity index (χ2n) is 3.18. The number of ether oxygens (including phenoxy) is 2. The molecule has 58 valence electrons. The summed E-state index contributed by atoms with van der Waals surface area (Å²) in [5, 5.41) is 0. The minimum Gasteiger partial charge on any atom is -0.381 e. The van der Waals surface area contributed by atoms with Crippen LogP contribution in [-0.2, 0) is 9.47 Å². The summed E-state index contributed by atoms with van der Waals surface area (Å²) in [7, 11) is 0. The fourth-order valence-corrected chi connectivity index (χ4v) is 1.85.